The van der Waals surface area contributed by atoms with Crippen LogP contribution in [0.4, 0.5) is 4.79 Å². The van der Waals surface area contributed by atoms with Crippen LogP contribution in [-0.2, 0) is 4.74 Å². The summed E-state index contributed by atoms with van der Waals surface area (Å²) in [4.78, 5) is 12.2. The van der Waals surface area contributed by atoms with Gasteiger partial charge in [0, 0.05) is 25.1 Å². The van der Waals surface area contributed by atoms with Gasteiger partial charge < -0.3 is 20.5 Å². The second kappa shape index (κ2) is 7.64. The van der Waals surface area contributed by atoms with E-state index in [1.807, 2.05) is 13.8 Å². The van der Waals surface area contributed by atoms with Crippen LogP contribution in [0.25, 0.3) is 0 Å². The lowest BCUT2D eigenvalue weighted by atomic mass is 9.58. The van der Waals surface area contributed by atoms with E-state index in [4.69, 9.17) is 4.74 Å². The molecule has 0 spiro atoms. The van der Waals surface area contributed by atoms with Crippen LogP contribution < -0.4 is 10.6 Å². The highest BCUT2D eigenvalue weighted by Crippen LogP contribution is 2.48. The Kier molecular flexibility index (Phi) is 6.68. The van der Waals surface area contributed by atoms with Crippen LogP contribution in [0.3, 0.4) is 0 Å². The predicted molar refractivity (Wildman–Crippen MR) is 88.8 cm³/mol. The van der Waals surface area contributed by atoms with Crippen molar-refractivity contribution in [2.45, 2.75) is 78.6 Å². The Morgan fingerprint density at radius 3 is 2.45 bits per heavy atom. The van der Waals surface area contributed by atoms with Crippen molar-refractivity contribution in [1.29, 1.82) is 0 Å². The molecule has 0 aromatic carbocycles. The van der Waals surface area contributed by atoms with E-state index in [0.29, 0.717) is 13.0 Å². The Labute approximate surface area is 135 Å². The third-order valence-electron chi connectivity index (χ3n) is 5.27. The number of methoxy groups -OCH3 is 1. The van der Waals surface area contributed by atoms with E-state index >= 15 is 0 Å². The molecule has 22 heavy (non-hydrogen) atoms. The number of carbonyl (C=O) groups excluding carboxylic acids is 1. The van der Waals surface area contributed by atoms with Crippen LogP contribution in [-0.4, -0.2) is 43.0 Å². The SMILES string of the molecule is CCC1(CC)C(NC(=O)NCC(C)(C)CC(C)O)CC1OC. The molecule has 3 N–H and O–H groups in total. The van der Waals surface area contributed by atoms with Crippen molar-refractivity contribution in [3.05, 3.63) is 0 Å². The van der Waals surface area contributed by atoms with Gasteiger partial charge in [-0.2, -0.15) is 0 Å². The second-order valence-corrected chi connectivity index (χ2v) is 7.50. The molecule has 3 unspecified atom stereocenters. The largest absolute Gasteiger partial charge is 0.393 e. The lowest BCUT2D eigenvalue weighted by Gasteiger charge is -2.55. The maximum Gasteiger partial charge on any atom is 0.315 e. The van der Waals surface area contributed by atoms with Gasteiger partial charge in [0.1, 0.15) is 0 Å². The Morgan fingerprint density at radius 2 is 2.00 bits per heavy atom. The van der Waals surface area contributed by atoms with E-state index in [9.17, 15) is 9.90 Å². The average Bonchev–Trinajstić information content (AvgIpc) is 2.41. The molecule has 0 aromatic heterocycles. The molecule has 5 heteroatoms. The molecule has 5 nitrogen and oxygen atoms in total. The number of hydrogen-bond acceptors (Lipinski definition) is 3. The fourth-order valence-electron chi connectivity index (χ4n) is 3.88. The first kappa shape index (κ1) is 19.2. The van der Waals surface area contributed by atoms with Gasteiger partial charge in [0.15, 0.2) is 0 Å². The van der Waals surface area contributed by atoms with Gasteiger partial charge in [-0.05, 0) is 38.0 Å². The van der Waals surface area contributed by atoms with Crippen molar-refractivity contribution >= 4 is 6.03 Å². The first-order valence-electron chi connectivity index (χ1n) is 8.46. The Hall–Kier alpha value is -0.810. The molecule has 0 aromatic rings. The molecule has 1 aliphatic rings. The van der Waals surface area contributed by atoms with Crippen molar-refractivity contribution in [2.75, 3.05) is 13.7 Å². The molecule has 0 aliphatic heterocycles. The zero-order valence-corrected chi connectivity index (χ0v) is 15.0. The number of aliphatic hydroxyl groups excluding tert-OH is 1. The molecule has 130 valence electrons. The fourth-order valence-corrected chi connectivity index (χ4v) is 3.88. The lowest BCUT2D eigenvalue weighted by Crippen LogP contribution is -2.65. The Morgan fingerprint density at radius 1 is 1.41 bits per heavy atom. The number of urea groups is 1. The van der Waals surface area contributed by atoms with Crippen LogP contribution >= 0.6 is 0 Å². The minimum atomic E-state index is -0.359. The topological polar surface area (TPSA) is 70.6 Å². The molecule has 0 bridgehead atoms. The number of ether oxygens (including phenoxy) is 1. The van der Waals surface area contributed by atoms with Crippen molar-refractivity contribution in [3.8, 4) is 0 Å². The molecule has 1 saturated carbocycles. The van der Waals surface area contributed by atoms with E-state index < -0.39 is 0 Å². The fraction of sp³-hybridized carbons (Fsp3) is 0.941. The highest BCUT2D eigenvalue weighted by Gasteiger charge is 2.53. The van der Waals surface area contributed by atoms with Gasteiger partial charge in [-0.3, -0.25) is 0 Å². The van der Waals surface area contributed by atoms with Gasteiger partial charge >= 0.3 is 6.03 Å². The molecule has 2 amide bonds. The van der Waals surface area contributed by atoms with Crippen LogP contribution in [0, 0.1) is 10.8 Å². The smallest absolute Gasteiger partial charge is 0.315 e. The number of rotatable bonds is 8. The summed E-state index contributed by atoms with van der Waals surface area (Å²) in [6, 6.07) is 0.0526. The average molecular weight is 314 g/mol. The summed E-state index contributed by atoms with van der Waals surface area (Å²) in [5, 5.41) is 15.5. The zero-order chi connectivity index (χ0) is 17.0. The minimum Gasteiger partial charge on any atom is -0.393 e. The van der Waals surface area contributed by atoms with Crippen LogP contribution in [0.5, 0.6) is 0 Å². The second-order valence-electron chi connectivity index (χ2n) is 7.50. The quantitative estimate of drug-likeness (QED) is 0.645. The third-order valence-corrected chi connectivity index (χ3v) is 5.27. The number of carbonyl (C=O) groups is 1. The predicted octanol–water partition coefficient (Wildman–Crippen LogP) is 2.68. The number of aliphatic hydroxyl groups is 1. The van der Waals surface area contributed by atoms with Crippen LogP contribution in [0.15, 0.2) is 0 Å². The summed E-state index contributed by atoms with van der Waals surface area (Å²) in [5.41, 5.74) is -0.0615. The van der Waals surface area contributed by atoms with Gasteiger partial charge in [-0.15, -0.1) is 0 Å². The first-order valence-corrected chi connectivity index (χ1v) is 8.46. The summed E-state index contributed by atoms with van der Waals surface area (Å²) in [7, 11) is 1.75. The summed E-state index contributed by atoms with van der Waals surface area (Å²) in [6.45, 7) is 10.7. The van der Waals surface area contributed by atoms with Gasteiger partial charge in [-0.1, -0.05) is 27.7 Å². The maximum atomic E-state index is 12.2. The molecule has 1 aliphatic carbocycles. The molecule has 0 radical (unpaired) electrons. The van der Waals surface area contributed by atoms with Crippen LogP contribution in [0.2, 0.25) is 0 Å². The highest BCUT2D eigenvalue weighted by molar-refractivity contribution is 5.74. The standard InChI is InChI=1S/C17H34N2O3/c1-7-17(8-2)13(9-14(17)22-6)19-15(21)18-11-16(4,5)10-12(3)20/h12-14,20H,7-11H2,1-6H3,(H2,18,19,21). The third kappa shape index (κ3) is 4.35. The van der Waals surface area contributed by atoms with Gasteiger partial charge in [0.25, 0.3) is 0 Å². The first-order chi connectivity index (χ1) is 10.2. The van der Waals surface area contributed by atoms with E-state index in [-0.39, 0.29) is 35.1 Å². The van der Waals surface area contributed by atoms with Crippen LogP contribution in [0.1, 0.15) is 60.3 Å². The number of hydrogen-bond donors (Lipinski definition) is 3. The van der Waals surface area contributed by atoms with Gasteiger partial charge in [0.2, 0.25) is 0 Å². The van der Waals surface area contributed by atoms with E-state index in [1.165, 1.54) is 0 Å². The molecule has 0 saturated heterocycles. The van der Waals surface area contributed by atoms with Gasteiger partial charge in [-0.25, -0.2) is 4.79 Å². The van der Waals surface area contributed by atoms with E-state index in [2.05, 4.69) is 24.5 Å². The van der Waals surface area contributed by atoms with Gasteiger partial charge in [0.05, 0.1) is 12.2 Å². The monoisotopic (exact) mass is 314 g/mol. The van der Waals surface area contributed by atoms with Crippen molar-refractivity contribution < 1.29 is 14.6 Å². The van der Waals surface area contributed by atoms with Crippen molar-refractivity contribution in [3.63, 3.8) is 0 Å². The lowest BCUT2D eigenvalue weighted by molar-refractivity contribution is -0.119. The van der Waals surface area contributed by atoms with E-state index in [1.54, 1.807) is 14.0 Å². The minimum absolute atomic E-state index is 0.0568. The van der Waals surface area contributed by atoms with E-state index in [0.717, 1.165) is 19.3 Å². The number of amides is 2. The zero-order valence-electron chi connectivity index (χ0n) is 15.0. The molecular weight excluding hydrogens is 280 g/mol. The van der Waals surface area contributed by atoms with Crippen molar-refractivity contribution in [2.24, 2.45) is 10.8 Å². The normalized spacial score (nSPS) is 25.2. The van der Waals surface area contributed by atoms with Crippen molar-refractivity contribution in [1.82, 2.24) is 10.6 Å². The highest BCUT2D eigenvalue weighted by atomic mass is 16.5. The molecule has 1 rings (SSSR count). The Bertz CT molecular complexity index is 365. The maximum absolute atomic E-state index is 12.2. The summed E-state index contributed by atoms with van der Waals surface area (Å²) < 4.78 is 5.55. The molecule has 0 heterocycles. The number of nitrogens with one attached hydrogen (secondary N) is 2. The summed E-state index contributed by atoms with van der Waals surface area (Å²) >= 11 is 0. The molecule has 1 fully saturated rings. The summed E-state index contributed by atoms with van der Waals surface area (Å²) in [5.74, 6) is 0. The molecule has 3 atom stereocenters. The molecular formula is C17H34N2O3. The summed E-state index contributed by atoms with van der Waals surface area (Å²) in [6.07, 6.45) is 3.42. The Balaban J connectivity index is 2.49.